The summed E-state index contributed by atoms with van der Waals surface area (Å²) < 4.78 is 10.9. The number of unbranched alkanes of at least 4 members (excludes halogenated alkanes) is 1. The highest BCUT2D eigenvalue weighted by molar-refractivity contribution is 4.83. The van der Waals surface area contributed by atoms with E-state index in [2.05, 4.69) is 26.1 Å². The Morgan fingerprint density at radius 2 is 2.05 bits per heavy atom. The number of hydrogen-bond donors (Lipinski definition) is 2. The molecule has 4 heteroatoms. The fourth-order valence-electron chi connectivity index (χ4n) is 2.42. The predicted molar refractivity (Wildman–Crippen MR) is 81.9 cm³/mol. The van der Waals surface area contributed by atoms with Gasteiger partial charge in [0, 0.05) is 25.1 Å². The summed E-state index contributed by atoms with van der Waals surface area (Å²) >= 11 is 0. The van der Waals surface area contributed by atoms with Crippen molar-refractivity contribution in [1.29, 1.82) is 0 Å². The molecule has 20 heavy (non-hydrogen) atoms. The number of ether oxygens (including phenoxy) is 2. The molecular weight excluding hydrogens is 254 g/mol. The normalized spacial score (nSPS) is 20.4. The molecule has 1 heterocycles. The number of hydrogen-bond acceptors (Lipinski definition) is 4. The maximum Gasteiger partial charge on any atom is 0.0897 e. The van der Waals surface area contributed by atoms with Gasteiger partial charge in [-0.25, -0.2) is 0 Å². The molecule has 0 radical (unpaired) electrons. The first-order valence-electron chi connectivity index (χ1n) is 8.14. The fraction of sp³-hybridized carbons (Fsp3) is 1.00. The van der Waals surface area contributed by atoms with Gasteiger partial charge in [0.25, 0.3) is 0 Å². The topological polar surface area (TPSA) is 50.7 Å². The minimum absolute atomic E-state index is 0.258. The second-order valence-electron chi connectivity index (χ2n) is 6.54. The van der Waals surface area contributed by atoms with Gasteiger partial charge in [0.15, 0.2) is 0 Å². The SMILES string of the molecule is CCCCC(CC)COCC(O)CNCC1(C)COC1. The molecule has 0 amide bonds. The number of rotatable bonds is 12. The van der Waals surface area contributed by atoms with Crippen molar-refractivity contribution in [2.45, 2.75) is 52.6 Å². The lowest BCUT2D eigenvalue weighted by atomic mass is 9.89. The van der Waals surface area contributed by atoms with E-state index >= 15 is 0 Å². The molecule has 0 saturated carbocycles. The smallest absolute Gasteiger partial charge is 0.0897 e. The molecule has 0 aromatic heterocycles. The van der Waals surface area contributed by atoms with Gasteiger partial charge in [0.05, 0.1) is 25.9 Å². The van der Waals surface area contributed by atoms with Crippen molar-refractivity contribution in [2.24, 2.45) is 11.3 Å². The average molecular weight is 287 g/mol. The Hall–Kier alpha value is -0.160. The summed E-state index contributed by atoms with van der Waals surface area (Å²) in [7, 11) is 0. The molecule has 1 saturated heterocycles. The minimum Gasteiger partial charge on any atom is -0.389 e. The Balaban J connectivity index is 1.99. The lowest BCUT2D eigenvalue weighted by Crippen LogP contribution is -2.48. The highest BCUT2D eigenvalue weighted by atomic mass is 16.5. The first-order valence-corrected chi connectivity index (χ1v) is 8.14. The van der Waals surface area contributed by atoms with Crippen LogP contribution in [0.3, 0.4) is 0 Å². The zero-order valence-electron chi connectivity index (χ0n) is 13.5. The Morgan fingerprint density at radius 3 is 2.60 bits per heavy atom. The van der Waals surface area contributed by atoms with E-state index < -0.39 is 6.10 Å². The van der Waals surface area contributed by atoms with Crippen LogP contribution in [0.1, 0.15) is 46.5 Å². The standard InChI is InChI=1S/C16H33NO3/c1-4-6-7-14(5-2)9-19-10-15(18)8-17-11-16(3)12-20-13-16/h14-15,17-18H,4-13H2,1-3H3. The second-order valence-corrected chi connectivity index (χ2v) is 6.54. The van der Waals surface area contributed by atoms with Crippen molar-refractivity contribution in [3.63, 3.8) is 0 Å². The molecule has 0 spiro atoms. The third-order valence-corrected chi connectivity index (χ3v) is 4.04. The quantitative estimate of drug-likeness (QED) is 0.578. The van der Waals surface area contributed by atoms with Crippen LogP contribution in [-0.2, 0) is 9.47 Å². The molecule has 0 bridgehead atoms. The maximum absolute atomic E-state index is 9.88. The zero-order chi connectivity index (χ0) is 14.8. The Labute approximate surface area is 124 Å². The largest absolute Gasteiger partial charge is 0.389 e. The monoisotopic (exact) mass is 287 g/mol. The Morgan fingerprint density at radius 1 is 1.30 bits per heavy atom. The number of nitrogens with one attached hydrogen (secondary N) is 1. The average Bonchev–Trinajstić information content (AvgIpc) is 2.40. The van der Waals surface area contributed by atoms with E-state index in [1.54, 1.807) is 0 Å². The van der Waals surface area contributed by atoms with Crippen molar-refractivity contribution in [3.8, 4) is 0 Å². The first-order chi connectivity index (χ1) is 9.59. The molecule has 1 rings (SSSR count). The summed E-state index contributed by atoms with van der Waals surface area (Å²) in [6.45, 7) is 11.0. The molecule has 1 fully saturated rings. The molecule has 1 aliphatic rings. The molecule has 1 aliphatic heterocycles. The summed E-state index contributed by atoms with van der Waals surface area (Å²) in [5.74, 6) is 0.640. The Bertz CT molecular complexity index is 244. The Kier molecular flexibility index (Phi) is 8.69. The molecule has 0 aromatic carbocycles. The highest BCUT2D eigenvalue weighted by Crippen LogP contribution is 2.24. The van der Waals surface area contributed by atoms with Gasteiger partial charge in [0.1, 0.15) is 0 Å². The van der Waals surface area contributed by atoms with E-state index in [9.17, 15) is 5.11 Å². The van der Waals surface area contributed by atoms with E-state index in [0.717, 1.165) is 32.8 Å². The van der Waals surface area contributed by atoms with Gasteiger partial charge in [0.2, 0.25) is 0 Å². The van der Waals surface area contributed by atoms with Gasteiger partial charge >= 0.3 is 0 Å². The van der Waals surface area contributed by atoms with Crippen molar-refractivity contribution < 1.29 is 14.6 Å². The van der Waals surface area contributed by atoms with Crippen LogP contribution in [0.5, 0.6) is 0 Å². The third kappa shape index (κ3) is 7.02. The fourth-order valence-corrected chi connectivity index (χ4v) is 2.42. The molecule has 4 nitrogen and oxygen atoms in total. The van der Waals surface area contributed by atoms with Crippen molar-refractivity contribution in [1.82, 2.24) is 5.32 Å². The summed E-state index contributed by atoms with van der Waals surface area (Å²) in [6.07, 6.45) is 4.49. The second kappa shape index (κ2) is 9.72. The van der Waals surface area contributed by atoms with E-state index in [4.69, 9.17) is 9.47 Å². The summed E-state index contributed by atoms with van der Waals surface area (Å²) in [5, 5.41) is 13.2. The van der Waals surface area contributed by atoms with Gasteiger partial charge in [-0.3, -0.25) is 0 Å². The van der Waals surface area contributed by atoms with Crippen molar-refractivity contribution in [3.05, 3.63) is 0 Å². The molecule has 0 aliphatic carbocycles. The lowest BCUT2D eigenvalue weighted by Gasteiger charge is -2.38. The van der Waals surface area contributed by atoms with Crippen LogP contribution < -0.4 is 5.32 Å². The van der Waals surface area contributed by atoms with Crippen LogP contribution in [0, 0.1) is 11.3 Å². The highest BCUT2D eigenvalue weighted by Gasteiger charge is 2.32. The summed E-state index contributed by atoms with van der Waals surface area (Å²) in [5.41, 5.74) is 0.258. The molecule has 2 atom stereocenters. The van der Waals surface area contributed by atoms with Crippen LogP contribution in [-0.4, -0.2) is 50.7 Å². The van der Waals surface area contributed by atoms with E-state index in [0.29, 0.717) is 19.1 Å². The molecule has 2 unspecified atom stereocenters. The van der Waals surface area contributed by atoms with Gasteiger partial charge in [-0.2, -0.15) is 0 Å². The minimum atomic E-state index is -0.414. The summed E-state index contributed by atoms with van der Waals surface area (Å²) in [6, 6.07) is 0. The van der Waals surface area contributed by atoms with Gasteiger partial charge in [-0.15, -0.1) is 0 Å². The lowest BCUT2D eigenvalue weighted by molar-refractivity contribution is -0.100. The molecular formula is C16H33NO3. The van der Waals surface area contributed by atoms with Crippen molar-refractivity contribution >= 4 is 0 Å². The molecule has 2 N–H and O–H groups in total. The van der Waals surface area contributed by atoms with Crippen LogP contribution in [0.25, 0.3) is 0 Å². The first kappa shape index (κ1) is 17.9. The van der Waals surface area contributed by atoms with Crippen LogP contribution in [0.15, 0.2) is 0 Å². The summed E-state index contributed by atoms with van der Waals surface area (Å²) in [4.78, 5) is 0. The van der Waals surface area contributed by atoms with Crippen LogP contribution >= 0.6 is 0 Å². The van der Waals surface area contributed by atoms with E-state index in [1.165, 1.54) is 19.3 Å². The van der Waals surface area contributed by atoms with Gasteiger partial charge in [-0.05, 0) is 12.3 Å². The van der Waals surface area contributed by atoms with Crippen LogP contribution in [0.2, 0.25) is 0 Å². The van der Waals surface area contributed by atoms with Crippen molar-refractivity contribution in [2.75, 3.05) is 39.5 Å². The van der Waals surface area contributed by atoms with Gasteiger partial charge in [-0.1, -0.05) is 40.0 Å². The third-order valence-electron chi connectivity index (χ3n) is 4.04. The van der Waals surface area contributed by atoms with Gasteiger partial charge < -0.3 is 19.9 Å². The number of aliphatic hydroxyl groups excluding tert-OH is 1. The van der Waals surface area contributed by atoms with Crippen LogP contribution in [0.4, 0.5) is 0 Å². The maximum atomic E-state index is 9.88. The van der Waals surface area contributed by atoms with E-state index in [-0.39, 0.29) is 5.41 Å². The number of aliphatic hydroxyl groups is 1. The zero-order valence-corrected chi connectivity index (χ0v) is 13.5. The predicted octanol–water partition coefficient (Wildman–Crippen LogP) is 2.21. The molecule has 0 aromatic rings. The van der Waals surface area contributed by atoms with E-state index in [1.807, 2.05) is 0 Å². The molecule has 120 valence electrons.